The molecule has 1 N–H and O–H groups in total. The molecule has 0 radical (unpaired) electrons. The number of pyridine rings is 1. The number of carbonyl (C=O) groups is 1. The monoisotopic (exact) mass is 371 g/mol. The topological polar surface area (TPSA) is 68.0 Å². The summed E-state index contributed by atoms with van der Waals surface area (Å²) in [6.45, 7) is 6.44. The Labute approximate surface area is 163 Å². The fourth-order valence-corrected chi connectivity index (χ4v) is 2.95. The van der Waals surface area contributed by atoms with Crippen molar-refractivity contribution in [1.29, 1.82) is 0 Å². The zero-order valence-electron chi connectivity index (χ0n) is 16.1. The Kier molecular flexibility index (Phi) is 4.43. The Bertz CT molecular complexity index is 1110. The van der Waals surface area contributed by atoms with E-state index in [1.54, 1.807) is 12.3 Å². The van der Waals surface area contributed by atoms with Crippen LogP contribution in [0.1, 0.15) is 36.7 Å². The Morgan fingerprint density at radius 1 is 1.00 bits per heavy atom. The van der Waals surface area contributed by atoms with E-state index in [9.17, 15) is 4.79 Å². The minimum Gasteiger partial charge on any atom is -0.434 e. The Morgan fingerprint density at radius 3 is 2.50 bits per heavy atom. The van der Waals surface area contributed by atoms with Crippen LogP contribution in [0.15, 0.2) is 71.3 Å². The fraction of sp³-hybridized carbons (Fsp3) is 0.174. The first-order chi connectivity index (χ1) is 13.4. The molecule has 0 fully saturated rings. The molecule has 0 unspecified atom stereocenters. The van der Waals surface area contributed by atoms with E-state index in [2.05, 4.69) is 36.1 Å². The van der Waals surface area contributed by atoms with Gasteiger partial charge < -0.3 is 9.73 Å². The van der Waals surface area contributed by atoms with Crippen molar-refractivity contribution in [1.82, 2.24) is 9.97 Å². The first-order valence-electron chi connectivity index (χ1n) is 9.14. The number of carbonyl (C=O) groups excluding carboxylic acids is 1. The molecule has 2 aromatic carbocycles. The summed E-state index contributed by atoms with van der Waals surface area (Å²) in [7, 11) is 0. The number of rotatable bonds is 3. The van der Waals surface area contributed by atoms with Gasteiger partial charge in [-0.1, -0.05) is 39.0 Å². The molecule has 2 aromatic heterocycles. The van der Waals surface area contributed by atoms with E-state index in [0.29, 0.717) is 28.4 Å². The quantitative estimate of drug-likeness (QED) is 0.521. The van der Waals surface area contributed by atoms with E-state index < -0.39 is 0 Å². The lowest BCUT2D eigenvalue weighted by atomic mass is 9.87. The van der Waals surface area contributed by atoms with Crippen LogP contribution in [0.25, 0.3) is 22.7 Å². The smallest absolute Gasteiger partial charge is 0.255 e. The van der Waals surface area contributed by atoms with E-state index in [1.165, 1.54) is 5.56 Å². The molecule has 0 bridgehead atoms. The number of benzene rings is 2. The third-order valence-electron chi connectivity index (χ3n) is 4.55. The van der Waals surface area contributed by atoms with Crippen LogP contribution in [0.2, 0.25) is 0 Å². The van der Waals surface area contributed by atoms with Crippen molar-refractivity contribution in [3.8, 4) is 11.5 Å². The van der Waals surface area contributed by atoms with E-state index in [-0.39, 0.29) is 11.3 Å². The van der Waals surface area contributed by atoms with Crippen LogP contribution < -0.4 is 5.32 Å². The number of anilines is 1. The molecule has 0 aliphatic rings. The average Bonchev–Trinajstić information content (AvgIpc) is 3.12. The van der Waals surface area contributed by atoms with Crippen LogP contribution in [-0.2, 0) is 5.41 Å². The van der Waals surface area contributed by atoms with Crippen LogP contribution >= 0.6 is 0 Å². The largest absolute Gasteiger partial charge is 0.434 e. The number of aromatic nitrogens is 2. The van der Waals surface area contributed by atoms with Gasteiger partial charge in [-0.15, -0.1) is 0 Å². The minimum atomic E-state index is -0.156. The number of fused-ring (bicyclic) bond motifs is 1. The van der Waals surface area contributed by atoms with Crippen molar-refractivity contribution in [3.63, 3.8) is 0 Å². The van der Waals surface area contributed by atoms with E-state index in [1.807, 2.05) is 54.6 Å². The normalized spacial score (nSPS) is 11.5. The molecule has 5 nitrogen and oxygen atoms in total. The summed E-state index contributed by atoms with van der Waals surface area (Å²) >= 11 is 0. The van der Waals surface area contributed by atoms with Gasteiger partial charge in [0.1, 0.15) is 0 Å². The first kappa shape index (κ1) is 17.9. The van der Waals surface area contributed by atoms with E-state index in [0.717, 1.165) is 5.56 Å². The zero-order valence-corrected chi connectivity index (χ0v) is 16.1. The summed E-state index contributed by atoms with van der Waals surface area (Å²) in [6, 6.07) is 18.8. The average molecular weight is 371 g/mol. The molecule has 4 rings (SSSR count). The maximum absolute atomic E-state index is 12.6. The van der Waals surface area contributed by atoms with E-state index >= 15 is 0 Å². The van der Waals surface area contributed by atoms with Crippen LogP contribution in [0, 0.1) is 0 Å². The van der Waals surface area contributed by atoms with Crippen LogP contribution in [0.4, 0.5) is 5.69 Å². The maximum Gasteiger partial charge on any atom is 0.255 e. The molecular weight excluding hydrogens is 350 g/mol. The predicted octanol–water partition coefficient (Wildman–Crippen LogP) is 5.44. The Balaban J connectivity index is 1.55. The number of nitrogens with one attached hydrogen (secondary N) is 1. The van der Waals surface area contributed by atoms with Crippen molar-refractivity contribution >= 4 is 22.8 Å². The molecule has 0 saturated carbocycles. The molecule has 0 aliphatic heterocycles. The van der Waals surface area contributed by atoms with Gasteiger partial charge in [0, 0.05) is 23.0 Å². The van der Waals surface area contributed by atoms with Crippen molar-refractivity contribution in [2.24, 2.45) is 0 Å². The predicted molar refractivity (Wildman–Crippen MR) is 110 cm³/mol. The summed E-state index contributed by atoms with van der Waals surface area (Å²) in [5.74, 6) is 0.316. The van der Waals surface area contributed by atoms with Crippen molar-refractivity contribution in [2.75, 3.05) is 5.32 Å². The fourth-order valence-electron chi connectivity index (χ4n) is 2.95. The third-order valence-corrected chi connectivity index (χ3v) is 4.55. The minimum absolute atomic E-state index is 0.0534. The maximum atomic E-state index is 12.6. The molecule has 140 valence electrons. The molecule has 4 aromatic rings. The van der Waals surface area contributed by atoms with Gasteiger partial charge in [0.05, 0.1) is 0 Å². The third kappa shape index (κ3) is 3.64. The highest BCUT2D eigenvalue weighted by atomic mass is 16.3. The highest BCUT2D eigenvalue weighted by Gasteiger charge is 2.15. The molecule has 0 aliphatic carbocycles. The highest BCUT2D eigenvalue weighted by Crippen LogP contribution is 2.26. The summed E-state index contributed by atoms with van der Waals surface area (Å²) in [4.78, 5) is 21.2. The first-order valence-corrected chi connectivity index (χ1v) is 9.14. The van der Waals surface area contributed by atoms with Gasteiger partial charge in [0.2, 0.25) is 5.89 Å². The number of amides is 1. The number of hydrogen-bond acceptors (Lipinski definition) is 4. The van der Waals surface area contributed by atoms with Crippen molar-refractivity contribution < 1.29 is 9.21 Å². The van der Waals surface area contributed by atoms with Crippen LogP contribution in [0.3, 0.4) is 0 Å². The van der Waals surface area contributed by atoms with Gasteiger partial charge in [0.25, 0.3) is 5.91 Å². The van der Waals surface area contributed by atoms with Crippen molar-refractivity contribution in [2.45, 2.75) is 26.2 Å². The molecule has 5 heteroatoms. The second-order valence-corrected chi connectivity index (χ2v) is 7.71. The second-order valence-electron chi connectivity index (χ2n) is 7.71. The van der Waals surface area contributed by atoms with Crippen molar-refractivity contribution in [3.05, 3.63) is 78.0 Å². The van der Waals surface area contributed by atoms with Gasteiger partial charge >= 0.3 is 0 Å². The molecule has 0 spiro atoms. The summed E-state index contributed by atoms with van der Waals surface area (Å²) in [5, 5.41) is 2.94. The second kappa shape index (κ2) is 6.93. The highest BCUT2D eigenvalue weighted by molar-refractivity contribution is 6.04. The number of hydrogen-bond donors (Lipinski definition) is 1. The van der Waals surface area contributed by atoms with Gasteiger partial charge in [0.15, 0.2) is 11.2 Å². The van der Waals surface area contributed by atoms with Gasteiger partial charge in [-0.25, -0.2) is 4.98 Å². The summed E-state index contributed by atoms with van der Waals surface area (Å²) in [6.07, 6.45) is 1.68. The van der Waals surface area contributed by atoms with E-state index in [4.69, 9.17) is 4.42 Å². The molecule has 0 saturated heterocycles. The van der Waals surface area contributed by atoms with Gasteiger partial charge in [-0.3, -0.25) is 4.79 Å². The SMILES string of the molecule is CC(C)(C)c1ccc(C(=O)Nc2cccc(-c3nc4ncccc4o3)c2)cc1. The lowest BCUT2D eigenvalue weighted by molar-refractivity contribution is 0.102. The van der Waals surface area contributed by atoms with Gasteiger partial charge in [-0.05, 0) is 53.4 Å². The summed E-state index contributed by atoms with van der Waals surface area (Å²) in [5.41, 5.74) is 4.51. The Hall–Kier alpha value is -3.47. The number of oxazole rings is 1. The Morgan fingerprint density at radius 2 is 1.79 bits per heavy atom. The zero-order chi connectivity index (χ0) is 19.7. The number of nitrogens with zero attached hydrogens (tertiary/aromatic N) is 2. The van der Waals surface area contributed by atoms with Gasteiger partial charge in [-0.2, -0.15) is 4.98 Å². The standard InChI is InChI=1S/C23H21N3O2/c1-23(2,3)17-11-9-15(10-12-17)21(27)25-18-7-4-6-16(14-18)22-26-20-19(28-22)8-5-13-24-20/h4-14H,1-3H3,(H,25,27). The van der Waals surface area contributed by atoms with Crippen LogP contribution in [-0.4, -0.2) is 15.9 Å². The molecule has 0 atom stereocenters. The molecule has 2 heterocycles. The lowest BCUT2D eigenvalue weighted by Gasteiger charge is -2.19. The molecular formula is C23H21N3O2. The molecule has 1 amide bonds. The van der Waals surface area contributed by atoms with Crippen LogP contribution in [0.5, 0.6) is 0 Å². The lowest BCUT2D eigenvalue weighted by Crippen LogP contribution is -2.14. The molecule has 28 heavy (non-hydrogen) atoms. The summed E-state index contributed by atoms with van der Waals surface area (Å²) < 4.78 is 5.76.